The molecule has 0 atom stereocenters. The van der Waals surface area contributed by atoms with Gasteiger partial charge in [0.2, 0.25) is 0 Å². The van der Waals surface area contributed by atoms with Gasteiger partial charge in [0.05, 0.1) is 6.61 Å². The summed E-state index contributed by atoms with van der Waals surface area (Å²) in [6.45, 7) is 8.72. The van der Waals surface area contributed by atoms with E-state index in [1.807, 2.05) is 20.8 Å². The van der Waals surface area contributed by atoms with Crippen molar-refractivity contribution in [2.75, 3.05) is 19.7 Å². The van der Waals surface area contributed by atoms with E-state index in [0.717, 1.165) is 0 Å². The average Bonchev–Trinajstić information content (AvgIpc) is 2.24. The Kier molecular flexibility index (Phi) is 6.18. The quantitative estimate of drug-likeness (QED) is 0.555. The van der Waals surface area contributed by atoms with Gasteiger partial charge in [0.25, 0.3) is 0 Å². The molecule has 0 saturated carbocycles. The summed E-state index contributed by atoms with van der Waals surface area (Å²) in [5, 5.41) is 0. The minimum atomic E-state index is -0.488. The number of Topliss-reactive ketones (excluding diaryl/α,β-unsaturated/α-hetero) is 1. The first kappa shape index (κ1) is 17.5. The van der Waals surface area contributed by atoms with Gasteiger partial charge in [-0.25, -0.2) is 4.79 Å². The van der Waals surface area contributed by atoms with Gasteiger partial charge in [-0.3, -0.25) is 9.59 Å². The van der Waals surface area contributed by atoms with Crippen LogP contribution in [0.5, 0.6) is 0 Å². The van der Waals surface area contributed by atoms with Crippen molar-refractivity contribution in [3.63, 3.8) is 0 Å². The number of amides is 1. The Hall–Kier alpha value is -1.59. The maximum Gasteiger partial charge on any atom is 0.410 e. The molecular weight excluding hydrogens is 274 g/mol. The van der Waals surface area contributed by atoms with Crippen molar-refractivity contribution >= 4 is 17.8 Å². The highest BCUT2D eigenvalue weighted by Gasteiger charge is 2.33. The summed E-state index contributed by atoms with van der Waals surface area (Å²) in [6, 6.07) is 0. The van der Waals surface area contributed by atoms with E-state index in [-0.39, 0.29) is 18.3 Å². The molecule has 0 aromatic carbocycles. The number of rotatable bonds is 6. The summed E-state index contributed by atoms with van der Waals surface area (Å²) in [5.41, 5.74) is -0.488. The molecule has 0 unspecified atom stereocenters. The van der Waals surface area contributed by atoms with E-state index in [1.165, 1.54) is 0 Å². The van der Waals surface area contributed by atoms with Crippen molar-refractivity contribution in [1.29, 1.82) is 0 Å². The summed E-state index contributed by atoms with van der Waals surface area (Å²) in [6.07, 6.45) is 0.580. The fourth-order valence-electron chi connectivity index (χ4n) is 2.05. The molecule has 1 amide bonds. The third-order valence-corrected chi connectivity index (χ3v) is 3.09. The zero-order valence-electron chi connectivity index (χ0n) is 13.3. The minimum absolute atomic E-state index is 0.107. The fourth-order valence-corrected chi connectivity index (χ4v) is 2.05. The van der Waals surface area contributed by atoms with Gasteiger partial charge < -0.3 is 14.4 Å². The molecule has 6 nitrogen and oxygen atoms in total. The number of carbonyl (C=O) groups excluding carboxylic acids is 3. The van der Waals surface area contributed by atoms with Gasteiger partial charge in [0.15, 0.2) is 0 Å². The molecule has 0 aromatic heterocycles. The lowest BCUT2D eigenvalue weighted by atomic mass is 9.93. The van der Waals surface area contributed by atoms with Crippen LogP contribution >= 0.6 is 0 Å². The van der Waals surface area contributed by atoms with E-state index in [9.17, 15) is 14.4 Å². The Morgan fingerprint density at radius 1 is 1.19 bits per heavy atom. The van der Waals surface area contributed by atoms with Crippen LogP contribution < -0.4 is 0 Å². The largest absolute Gasteiger partial charge is 0.466 e. The van der Waals surface area contributed by atoms with Gasteiger partial charge in [-0.05, 0) is 40.0 Å². The highest BCUT2D eigenvalue weighted by atomic mass is 16.6. The van der Waals surface area contributed by atoms with Crippen LogP contribution in [0.2, 0.25) is 0 Å². The third-order valence-electron chi connectivity index (χ3n) is 3.09. The van der Waals surface area contributed by atoms with Crippen LogP contribution in [0.15, 0.2) is 0 Å². The van der Waals surface area contributed by atoms with Gasteiger partial charge in [-0.2, -0.15) is 0 Å². The Balaban J connectivity index is 2.16. The summed E-state index contributed by atoms with van der Waals surface area (Å²) in [4.78, 5) is 36.1. The molecule has 0 N–H and O–H groups in total. The van der Waals surface area contributed by atoms with E-state index >= 15 is 0 Å². The van der Waals surface area contributed by atoms with Gasteiger partial charge in [0.1, 0.15) is 17.8 Å². The van der Waals surface area contributed by atoms with Crippen LogP contribution in [0.4, 0.5) is 4.79 Å². The van der Waals surface area contributed by atoms with Crippen molar-refractivity contribution < 1.29 is 23.9 Å². The third kappa shape index (κ3) is 6.60. The lowest BCUT2D eigenvalue weighted by Crippen LogP contribution is -2.51. The molecule has 0 aliphatic carbocycles. The molecule has 1 aliphatic heterocycles. The maximum absolute atomic E-state index is 11.7. The first-order chi connectivity index (χ1) is 9.71. The van der Waals surface area contributed by atoms with Crippen molar-refractivity contribution in [1.82, 2.24) is 4.90 Å². The van der Waals surface area contributed by atoms with Gasteiger partial charge in [-0.1, -0.05) is 0 Å². The number of esters is 1. The molecule has 1 saturated heterocycles. The van der Waals surface area contributed by atoms with Crippen molar-refractivity contribution in [2.24, 2.45) is 5.92 Å². The zero-order valence-corrected chi connectivity index (χ0v) is 13.3. The Labute approximate surface area is 125 Å². The van der Waals surface area contributed by atoms with Crippen molar-refractivity contribution in [3.8, 4) is 0 Å². The van der Waals surface area contributed by atoms with Crippen LogP contribution in [0.1, 0.15) is 47.0 Å². The summed E-state index contributed by atoms with van der Waals surface area (Å²) in [7, 11) is 0. The number of likely N-dealkylation sites (tertiary alicyclic amines) is 1. The molecule has 0 radical (unpaired) electrons. The Morgan fingerprint density at radius 2 is 1.81 bits per heavy atom. The molecule has 21 heavy (non-hydrogen) atoms. The maximum atomic E-state index is 11.7. The molecule has 0 bridgehead atoms. The summed E-state index contributed by atoms with van der Waals surface area (Å²) < 4.78 is 9.98. The standard InChI is InChI=1S/C15H25NO5/c1-5-20-13(18)8-12(17)7-6-11-9-16(10-11)14(19)21-15(2,3)4/h11H,5-10H2,1-4H3. The molecular formula is C15H25NO5. The topological polar surface area (TPSA) is 72.9 Å². The van der Waals surface area contributed by atoms with Crippen molar-refractivity contribution in [3.05, 3.63) is 0 Å². The first-order valence-electron chi connectivity index (χ1n) is 7.36. The Bertz CT molecular complexity index is 393. The number of carbonyl (C=O) groups is 3. The molecule has 0 spiro atoms. The molecule has 1 fully saturated rings. The van der Waals surface area contributed by atoms with Crippen LogP contribution in [-0.2, 0) is 19.1 Å². The van der Waals surface area contributed by atoms with E-state index in [1.54, 1.807) is 11.8 Å². The molecule has 1 aliphatic rings. The smallest absolute Gasteiger partial charge is 0.410 e. The molecule has 120 valence electrons. The van der Waals surface area contributed by atoms with Crippen LogP contribution in [-0.4, -0.2) is 48.0 Å². The number of nitrogens with zero attached hydrogens (tertiary/aromatic N) is 1. The van der Waals surface area contributed by atoms with E-state index < -0.39 is 11.6 Å². The monoisotopic (exact) mass is 299 g/mol. The number of hydrogen-bond acceptors (Lipinski definition) is 5. The van der Waals surface area contributed by atoms with Crippen LogP contribution in [0, 0.1) is 5.92 Å². The lowest BCUT2D eigenvalue weighted by molar-refractivity contribution is -0.145. The second-order valence-corrected chi connectivity index (χ2v) is 6.31. The van der Waals surface area contributed by atoms with Crippen LogP contribution in [0.3, 0.4) is 0 Å². The van der Waals surface area contributed by atoms with E-state index in [2.05, 4.69) is 0 Å². The highest BCUT2D eigenvalue weighted by molar-refractivity contribution is 5.95. The normalized spacial score (nSPS) is 15.3. The summed E-state index contributed by atoms with van der Waals surface area (Å²) >= 11 is 0. The molecule has 1 rings (SSSR count). The van der Waals surface area contributed by atoms with Crippen molar-refractivity contribution in [2.45, 2.75) is 52.6 Å². The highest BCUT2D eigenvalue weighted by Crippen LogP contribution is 2.23. The zero-order chi connectivity index (χ0) is 16.0. The average molecular weight is 299 g/mol. The number of ether oxygens (including phenoxy) is 2. The molecule has 6 heteroatoms. The van der Waals surface area contributed by atoms with E-state index in [0.29, 0.717) is 38.5 Å². The van der Waals surface area contributed by atoms with Crippen LogP contribution in [0.25, 0.3) is 0 Å². The minimum Gasteiger partial charge on any atom is -0.466 e. The van der Waals surface area contributed by atoms with Gasteiger partial charge in [0, 0.05) is 19.5 Å². The SMILES string of the molecule is CCOC(=O)CC(=O)CCC1CN(C(=O)OC(C)(C)C)C1. The predicted octanol–water partition coefficient (Wildman–Crippen LogP) is 2.16. The first-order valence-corrected chi connectivity index (χ1v) is 7.36. The fraction of sp³-hybridized carbons (Fsp3) is 0.800. The lowest BCUT2D eigenvalue weighted by Gasteiger charge is -2.39. The predicted molar refractivity (Wildman–Crippen MR) is 76.8 cm³/mol. The van der Waals surface area contributed by atoms with Gasteiger partial charge in [-0.15, -0.1) is 0 Å². The Morgan fingerprint density at radius 3 is 2.33 bits per heavy atom. The second-order valence-electron chi connectivity index (χ2n) is 6.31. The van der Waals surface area contributed by atoms with E-state index in [4.69, 9.17) is 9.47 Å². The molecule has 0 aromatic rings. The number of ketones is 1. The second kappa shape index (κ2) is 7.43. The molecule has 1 heterocycles. The summed E-state index contributed by atoms with van der Waals surface area (Å²) in [5.74, 6) is -0.265. The van der Waals surface area contributed by atoms with Gasteiger partial charge >= 0.3 is 12.1 Å². The number of hydrogen-bond donors (Lipinski definition) is 0.